The number of hydrogen-bond donors (Lipinski definition) is 2. The van der Waals surface area contributed by atoms with Crippen molar-refractivity contribution in [2.24, 2.45) is 5.73 Å². The quantitative estimate of drug-likeness (QED) is 0.610. The fraction of sp³-hybridized carbons (Fsp3) is 0.750. The molecule has 0 aromatic heterocycles. The highest BCUT2D eigenvalue weighted by molar-refractivity contribution is 5.73. The number of carboxylic acid groups (broad SMARTS) is 1. The molecule has 0 bridgehead atoms. The Morgan fingerprint density at radius 1 is 1.77 bits per heavy atom. The Kier molecular flexibility index (Phi) is 5.04. The maximum Gasteiger partial charge on any atom is 0.321 e. The van der Waals surface area contributed by atoms with E-state index >= 15 is 0 Å². The Labute approximate surface area is 77.7 Å². The van der Waals surface area contributed by atoms with Crippen molar-refractivity contribution in [3.05, 3.63) is 0 Å². The fourth-order valence-corrected chi connectivity index (χ4v) is 0.856. The van der Waals surface area contributed by atoms with Gasteiger partial charge in [0, 0.05) is 12.6 Å². The van der Waals surface area contributed by atoms with Crippen LogP contribution in [0.4, 0.5) is 0 Å². The van der Waals surface area contributed by atoms with Crippen LogP contribution < -0.4 is 5.73 Å². The summed E-state index contributed by atoms with van der Waals surface area (Å²) in [6, 6.07) is 1.18. The average molecular weight is 185 g/mol. The molecule has 0 aliphatic rings. The van der Waals surface area contributed by atoms with E-state index in [1.165, 1.54) is 0 Å². The number of aliphatic carboxylic acids is 1. The van der Waals surface area contributed by atoms with Gasteiger partial charge in [-0.25, -0.2) is 0 Å². The van der Waals surface area contributed by atoms with Gasteiger partial charge >= 0.3 is 5.97 Å². The molecule has 74 valence electrons. The highest BCUT2D eigenvalue weighted by Crippen LogP contribution is 2.00. The predicted molar refractivity (Wildman–Crippen MR) is 47.9 cm³/mol. The standard InChI is InChI=1S/C8H15N3O2/c1-6(3-4-9)11(2)5-7(10)8(12)13/h6-7H,3,5,10H2,1-2H3,(H,12,13). The fourth-order valence-electron chi connectivity index (χ4n) is 0.856. The molecule has 0 amide bonds. The molecule has 0 aliphatic heterocycles. The molecule has 0 saturated carbocycles. The molecule has 3 N–H and O–H groups in total. The van der Waals surface area contributed by atoms with E-state index in [0.717, 1.165) is 0 Å². The second-order valence-electron chi connectivity index (χ2n) is 3.10. The molecule has 2 atom stereocenters. The zero-order valence-electron chi connectivity index (χ0n) is 7.90. The minimum atomic E-state index is -1.02. The van der Waals surface area contributed by atoms with Gasteiger partial charge in [0.2, 0.25) is 0 Å². The van der Waals surface area contributed by atoms with Crippen molar-refractivity contribution in [1.82, 2.24) is 4.90 Å². The average Bonchev–Trinajstić information content (AvgIpc) is 2.04. The molecule has 0 aromatic rings. The Morgan fingerprint density at radius 2 is 2.31 bits per heavy atom. The van der Waals surface area contributed by atoms with Gasteiger partial charge in [-0.05, 0) is 14.0 Å². The summed E-state index contributed by atoms with van der Waals surface area (Å²) < 4.78 is 0. The first kappa shape index (κ1) is 11.9. The third-order valence-electron chi connectivity index (χ3n) is 1.94. The summed E-state index contributed by atoms with van der Waals surface area (Å²) in [6.07, 6.45) is 0.378. The zero-order chi connectivity index (χ0) is 10.4. The first-order chi connectivity index (χ1) is 5.99. The van der Waals surface area contributed by atoms with Crippen LogP contribution >= 0.6 is 0 Å². The van der Waals surface area contributed by atoms with Gasteiger partial charge < -0.3 is 15.7 Å². The molecule has 0 aromatic carbocycles. The van der Waals surface area contributed by atoms with Gasteiger partial charge in [-0.15, -0.1) is 0 Å². The number of nitriles is 1. The third-order valence-corrected chi connectivity index (χ3v) is 1.94. The van der Waals surface area contributed by atoms with Crippen molar-refractivity contribution in [1.29, 1.82) is 5.26 Å². The topological polar surface area (TPSA) is 90.4 Å². The molecule has 5 heteroatoms. The summed E-state index contributed by atoms with van der Waals surface area (Å²) in [5, 5.41) is 16.9. The molecule has 0 heterocycles. The number of likely N-dealkylation sites (N-methyl/N-ethyl adjacent to an activating group) is 1. The van der Waals surface area contributed by atoms with Crippen LogP contribution in [-0.4, -0.2) is 41.7 Å². The van der Waals surface area contributed by atoms with Crippen LogP contribution in [0.1, 0.15) is 13.3 Å². The lowest BCUT2D eigenvalue weighted by Gasteiger charge is -2.23. The maximum absolute atomic E-state index is 10.4. The van der Waals surface area contributed by atoms with Crippen LogP contribution in [-0.2, 0) is 4.79 Å². The van der Waals surface area contributed by atoms with Crippen molar-refractivity contribution in [2.45, 2.75) is 25.4 Å². The number of carboxylic acids is 1. The number of hydrogen-bond acceptors (Lipinski definition) is 4. The van der Waals surface area contributed by atoms with Crippen LogP contribution in [0.25, 0.3) is 0 Å². The van der Waals surface area contributed by atoms with Crippen molar-refractivity contribution < 1.29 is 9.90 Å². The number of carbonyl (C=O) groups is 1. The number of nitrogens with zero attached hydrogens (tertiary/aromatic N) is 2. The van der Waals surface area contributed by atoms with Gasteiger partial charge in [0.05, 0.1) is 12.5 Å². The van der Waals surface area contributed by atoms with Gasteiger partial charge in [-0.3, -0.25) is 4.79 Å². The summed E-state index contributed by atoms with van der Waals surface area (Å²) >= 11 is 0. The minimum absolute atomic E-state index is 0.0374. The lowest BCUT2D eigenvalue weighted by atomic mass is 10.2. The number of rotatable bonds is 5. The van der Waals surface area contributed by atoms with Gasteiger partial charge in [0.15, 0.2) is 0 Å². The second kappa shape index (κ2) is 5.51. The molecule has 0 aliphatic carbocycles. The summed E-state index contributed by atoms with van der Waals surface area (Å²) in [4.78, 5) is 12.2. The summed E-state index contributed by atoms with van der Waals surface area (Å²) in [5.74, 6) is -1.02. The lowest BCUT2D eigenvalue weighted by Crippen LogP contribution is -2.44. The van der Waals surface area contributed by atoms with Crippen LogP contribution in [0.3, 0.4) is 0 Å². The maximum atomic E-state index is 10.4. The van der Waals surface area contributed by atoms with E-state index in [1.807, 2.05) is 13.0 Å². The van der Waals surface area contributed by atoms with E-state index in [0.29, 0.717) is 6.42 Å². The van der Waals surface area contributed by atoms with Crippen LogP contribution in [0.5, 0.6) is 0 Å². The summed E-state index contributed by atoms with van der Waals surface area (Å²) in [6.45, 7) is 2.12. The van der Waals surface area contributed by atoms with E-state index in [4.69, 9.17) is 16.1 Å². The SMILES string of the molecule is CC(CC#N)N(C)CC(N)C(=O)O. The Bertz CT molecular complexity index is 212. The van der Waals surface area contributed by atoms with Crippen molar-refractivity contribution in [3.8, 4) is 6.07 Å². The first-order valence-corrected chi connectivity index (χ1v) is 4.04. The summed E-state index contributed by atoms with van der Waals surface area (Å²) in [5.41, 5.74) is 5.33. The molecule has 5 nitrogen and oxygen atoms in total. The number of nitrogens with two attached hydrogens (primary N) is 1. The Balaban J connectivity index is 3.93. The van der Waals surface area contributed by atoms with Crippen LogP contribution in [0.2, 0.25) is 0 Å². The molecule has 2 unspecified atom stereocenters. The largest absolute Gasteiger partial charge is 0.480 e. The second-order valence-corrected chi connectivity index (χ2v) is 3.10. The Hall–Kier alpha value is -1.12. The minimum Gasteiger partial charge on any atom is -0.480 e. The van der Waals surface area contributed by atoms with E-state index in [-0.39, 0.29) is 12.6 Å². The Morgan fingerprint density at radius 3 is 2.69 bits per heavy atom. The first-order valence-electron chi connectivity index (χ1n) is 4.04. The molecule has 0 rings (SSSR count). The molecule has 0 fully saturated rings. The summed E-state index contributed by atoms with van der Waals surface area (Å²) in [7, 11) is 1.75. The van der Waals surface area contributed by atoms with Gasteiger partial charge in [-0.2, -0.15) is 5.26 Å². The van der Waals surface area contributed by atoms with E-state index in [2.05, 4.69) is 0 Å². The van der Waals surface area contributed by atoms with E-state index < -0.39 is 12.0 Å². The molecule has 13 heavy (non-hydrogen) atoms. The van der Waals surface area contributed by atoms with Crippen molar-refractivity contribution in [2.75, 3.05) is 13.6 Å². The highest BCUT2D eigenvalue weighted by Gasteiger charge is 2.17. The highest BCUT2D eigenvalue weighted by atomic mass is 16.4. The molecule has 0 saturated heterocycles. The molecular formula is C8H15N3O2. The van der Waals surface area contributed by atoms with Crippen molar-refractivity contribution in [3.63, 3.8) is 0 Å². The van der Waals surface area contributed by atoms with Gasteiger partial charge in [0.25, 0.3) is 0 Å². The lowest BCUT2D eigenvalue weighted by molar-refractivity contribution is -0.139. The molecule has 0 radical (unpaired) electrons. The van der Waals surface area contributed by atoms with E-state index in [9.17, 15) is 4.79 Å². The van der Waals surface area contributed by atoms with E-state index in [1.54, 1.807) is 11.9 Å². The van der Waals surface area contributed by atoms with Crippen molar-refractivity contribution >= 4 is 5.97 Å². The van der Waals surface area contributed by atoms with Crippen LogP contribution in [0.15, 0.2) is 0 Å². The van der Waals surface area contributed by atoms with Crippen LogP contribution in [0, 0.1) is 11.3 Å². The zero-order valence-corrected chi connectivity index (χ0v) is 7.90. The smallest absolute Gasteiger partial charge is 0.321 e. The normalized spacial score (nSPS) is 15.0. The monoisotopic (exact) mass is 185 g/mol. The molecular weight excluding hydrogens is 170 g/mol. The van der Waals surface area contributed by atoms with Gasteiger partial charge in [0.1, 0.15) is 6.04 Å². The third kappa shape index (κ3) is 4.45. The molecule has 0 spiro atoms. The van der Waals surface area contributed by atoms with Gasteiger partial charge in [-0.1, -0.05) is 0 Å². The predicted octanol–water partition coefficient (Wildman–Crippen LogP) is -0.368.